The van der Waals surface area contributed by atoms with Gasteiger partial charge in [-0.2, -0.15) is 0 Å². The predicted molar refractivity (Wildman–Crippen MR) is 118 cm³/mol. The number of aromatic nitrogens is 3. The summed E-state index contributed by atoms with van der Waals surface area (Å²) in [6.07, 6.45) is 7.38. The van der Waals surface area contributed by atoms with Crippen molar-refractivity contribution in [2.24, 2.45) is 0 Å². The van der Waals surface area contributed by atoms with E-state index < -0.39 is 0 Å². The number of carbonyl (C=O) groups excluding carboxylic acids is 1. The Bertz CT molecular complexity index is 997. The number of thioether (sulfide) groups is 1. The lowest BCUT2D eigenvalue weighted by atomic mass is 9.95. The third-order valence-electron chi connectivity index (χ3n) is 5.73. The zero-order chi connectivity index (χ0) is 21.8. The first-order valence-electron chi connectivity index (χ1n) is 10.7. The Morgan fingerprint density at radius 1 is 1.16 bits per heavy atom. The van der Waals surface area contributed by atoms with Gasteiger partial charge in [0.15, 0.2) is 10.9 Å². The standard InChI is InChI=1S/C23H27FN4O2S/c1-15(17-10-12-18(24)13-11-17)25-22(29)16(2)31-23-27-26-21(20-9-6-14-30-20)28(23)19-7-4-3-5-8-19/h6,9-16,19H,3-5,7-8H2,1-2H3,(H,25,29)/t15-,16-/m1/s1. The van der Waals surface area contributed by atoms with Crippen molar-refractivity contribution in [3.8, 4) is 11.6 Å². The Kier molecular flexibility index (Phi) is 6.75. The Morgan fingerprint density at radius 3 is 2.58 bits per heavy atom. The molecule has 0 radical (unpaired) electrons. The fraction of sp³-hybridized carbons (Fsp3) is 0.435. The zero-order valence-corrected chi connectivity index (χ0v) is 18.6. The molecule has 0 aliphatic heterocycles. The molecule has 6 nitrogen and oxygen atoms in total. The van der Waals surface area contributed by atoms with Gasteiger partial charge in [0, 0.05) is 6.04 Å². The summed E-state index contributed by atoms with van der Waals surface area (Å²) >= 11 is 1.41. The van der Waals surface area contributed by atoms with Crippen LogP contribution in [0.2, 0.25) is 0 Å². The predicted octanol–water partition coefficient (Wildman–Crippen LogP) is 5.54. The average molecular weight is 443 g/mol. The van der Waals surface area contributed by atoms with Crippen molar-refractivity contribution in [2.45, 2.75) is 68.4 Å². The van der Waals surface area contributed by atoms with Crippen LogP contribution in [0.25, 0.3) is 11.6 Å². The van der Waals surface area contributed by atoms with Crippen LogP contribution in [0.3, 0.4) is 0 Å². The Labute approximate surface area is 185 Å². The van der Waals surface area contributed by atoms with Crippen LogP contribution in [0.5, 0.6) is 0 Å². The van der Waals surface area contributed by atoms with Crippen LogP contribution in [0.4, 0.5) is 4.39 Å². The first-order valence-corrected chi connectivity index (χ1v) is 11.6. The third kappa shape index (κ3) is 5.01. The van der Waals surface area contributed by atoms with E-state index in [1.54, 1.807) is 18.4 Å². The molecule has 1 fully saturated rings. The van der Waals surface area contributed by atoms with E-state index in [1.807, 2.05) is 26.0 Å². The van der Waals surface area contributed by atoms with Crippen LogP contribution >= 0.6 is 11.8 Å². The molecule has 2 heterocycles. The number of rotatable bonds is 7. The van der Waals surface area contributed by atoms with E-state index in [9.17, 15) is 9.18 Å². The number of halogens is 1. The topological polar surface area (TPSA) is 73.0 Å². The number of benzene rings is 1. The molecule has 3 aromatic rings. The second-order valence-electron chi connectivity index (χ2n) is 7.99. The zero-order valence-electron chi connectivity index (χ0n) is 17.8. The van der Waals surface area contributed by atoms with Crippen molar-refractivity contribution >= 4 is 17.7 Å². The maximum Gasteiger partial charge on any atom is 0.233 e. The minimum atomic E-state index is -0.362. The van der Waals surface area contributed by atoms with Crippen LogP contribution in [0, 0.1) is 5.82 Å². The lowest BCUT2D eigenvalue weighted by molar-refractivity contribution is -0.120. The number of amides is 1. The van der Waals surface area contributed by atoms with Gasteiger partial charge in [-0.25, -0.2) is 4.39 Å². The quantitative estimate of drug-likeness (QED) is 0.486. The molecule has 1 aromatic carbocycles. The molecule has 1 saturated carbocycles. The summed E-state index contributed by atoms with van der Waals surface area (Å²) in [6, 6.07) is 10.00. The smallest absolute Gasteiger partial charge is 0.233 e. The van der Waals surface area contributed by atoms with Crippen molar-refractivity contribution in [3.63, 3.8) is 0 Å². The minimum Gasteiger partial charge on any atom is -0.461 e. The van der Waals surface area contributed by atoms with Crippen molar-refractivity contribution in [1.82, 2.24) is 20.1 Å². The van der Waals surface area contributed by atoms with Gasteiger partial charge < -0.3 is 9.73 Å². The van der Waals surface area contributed by atoms with Gasteiger partial charge in [0.2, 0.25) is 11.7 Å². The Balaban J connectivity index is 1.50. The molecule has 164 valence electrons. The highest BCUT2D eigenvalue weighted by molar-refractivity contribution is 8.00. The Morgan fingerprint density at radius 2 is 1.90 bits per heavy atom. The van der Waals surface area contributed by atoms with Gasteiger partial charge in [-0.15, -0.1) is 10.2 Å². The monoisotopic (exact) mass is 442 g/mol. The van der Waals surface area contributed by atoms with Gasteiger partial charge in [-0.05, 0) is 56.5 Å². The van der Waals surface area contributed by atoms with Gasteiger partial charge in [0.1, 0.15) is 5.82 Å². The maximum absolute atomic E-state index is 13.2. The highest BCUT2D eigenvalue weighted by Crippen LogP contribution is 2.36. The highest BCUT2D eigenvalue weighted by Gasteiger charge is 2.27. The number of furan rings is 1. The van der Waals surface area contributed by atoms with Crippen molar-refractivity contribution in [3.05, 3.63) is 54.0 Å². The van der Waals surface area contributed by atoms with E-state index in [2.05, 4.69) is 20.1 Å². The van der Waals surface area contributed by atoms with Gasteiger partial charge in [0.05, 0.1) is 17.6 Å². The Hall–Kier alpha value is -2.61. The lowest BCUT2D eigenvalue weighted by Gasteiger charge is -2.25. The molecule has 1 aliphatic carbocycles. The van der Waals surface area contributed by atoms with Gasteiger partial charge in [-0.1, -0.05) is 43.2 Å². The number of nitrogens with zero attached hydrogens (tertiary/aromatic N) is 3. The van der Waals surface area contributed by atoms with Gasteiger partial charge >= 0.3 is 0 Å². The van der Waals surface area contributed by atoms with Crippen molar-refractivity contribution < 1.29 is 13.6 Å². The number of carbonyl (C=O) groups is 1. The number of nitrogens with one attached hydrogen (secondary N) is 1. The molecule has 31 heavy (non-hydrogen) atoms. The van der Waals surface area contributed by atoms with E-state index in [1.165, 1.54) is 43.2 Å². The molecule has 0 spiro atoms. The molecule has 1 amide bonds. The summed E-state index contributed by atoms with van der Waals surface area (Å²) in [5.74, 6) is 1.01. The normalized spacial score (nSPS) is 16.7. The molecule has 1 N–H and O–H groups in total. The largest absolute Gasteiger partial charge is 0.461 e. The van der Waals surface area contributed by atoms with Gasteiger partial charge in [0.25, 0.3) is 0 Å². The molecule has 2 aromatic heterocycles. The van der Waals surface area contributed by atoms with E-state index in [-0.39, 0.29) is 23.0 Å². The molecular weight excluding hydrogens is 415 g/mol. The summed E-state index contributed by atoms with van der Waals surface area (Å²) in [5.41, 5.74) is 0.859. The summed E-state index contributed by atoms with van der Waals surface area (Å²) < 4.78 is 20.9. The van der Waals surface area contributed by atoms with Gasteiger partial charge in [-0.3, -0.25) is 9.36 Å². The summed E-state index contributed by atoms with van der Waals surface area (Å²) in [4.78, 5) is 12.8. The molecule has 1 aliphatic rings. The van der Waals surface area contributed by atoms with Crippen LogP contribution in [0.15, 0.2) is 52.2 Å². The van der Waals surface area contributed by atoms with Crippen molar-refractivity contribution in [2.75, 3.05) is 0 Å². The maximum atomic E-state index is 13.2. The summed E-state index contributed by atoms with van der Waals surface area (Å²) in [5, 5.41) is 12.2. The minimum absolute atomic E-state index is 0.0976. The molecule has 4 rings (SSSR count). The molecule has 2 atom stereocenters. The first kappa shape index (κ1) is 21.6. The summed E-state index contributed by atoms with van der Waals surface area (Å²) in [6.45, 7) is 3.76. The van der Waals surface area contributed by atoms with E-state index in [0.717, 1.165) is 23.6 Å². The van der Waals surface area contributed by atoms with Crippen LogP contribution in [-0.2, 0) is 4.79 Å². The van der Waals surface area contributed by atoms with E-state index in [4.69, 9.17) is 4.42 Å². The van der Waals surface area contributed by atoms with Crippen LogP contribution in [-0.4, -0.2) is 25.9 Å². The SMILES string of the molecule is C[C@@H](Sc1nnc(-c2ccco2)n1C1CCCCC1)C(=O)N[C@H](C)c1ccc(F)cc1. The van der Waals surface area contributed by atoms with E-state index in [0.29, 0.717) is 17.6 Å². The number of hydrogen-bond acceptors (Lipinski definition) is 5. The number of hydrogen-bond donors (Lipinski definition) is 1. The average Bonchev–Trinajstić information content (AvgIpc) is 3.44. The molecular formula is C23H27FN4O2S. The fourth-order valence-corrected chi connectivity index (χ4v) is 4.91. The fourth-order valence-electron chi connectivity index (χ4n) is 3.98. The highest BCUT2D eigenvalue weighted by atomic mass is 32.2. The summed E-state index contributed by atoms with van der Waals surface area (Å²) in [7, 11) is 0. The van der Waals surface area contributed by atoms with E-state index >= 15 is 0 Å². The molecule has 8 heteroatoms. The third-order valence-corrected chi connectivity index (χ3v) is 6.78. The van der Waals surface area contributed by atoms with Crippen molar-refractivity contribution in [1.29, 1.82) is 0 Å². The molecule has 0 unspecified atom stereocenters. The van der Waals surface area contributed by atoms with Crippen LogP contribution in [0.1, 0.15) is 63.6 Å². The lowest BCUT2D eigenvalue weighted by Crippen LogP contribution is -2.33. The second kappa shape index (κ2) is 9.68. The van der Waals surface area contributed by atoms with Crippen LogP contribution < -0.4 is 5.32 Å². The molecule has 0 bridgehead atoms. The first-order chi connectivity index (χ1) is 15.0. The molecule has 0 saturated heterocycles. The second-order valence-corrected chi connectivity index (χ2v) is 9.30.